The Morgan fingerprint density at radius 2 is 2.21 bits per heavy atom. The van der Waals surface area contributed by atoms with Crippen LogP contribution in [-0.2, 0) is 14.8 Å². The van der Waals surface area contributed by atoms with Gasteiger partial charge in [0.1, 0.15) is 5.82 Å². The number of nitrogens with one attached hydrogen (secondary N) is 1. The average Bonchev–Trinajstić information content (AvgIpc) is 2.34. The zero-order chi connectivity index (χ0) is 14.0. The molecule has 1 atom stereocenters. The van der Waals surface area contributed by atoms with Gasteiger partial charge in [0.15, 0.2) is 0 Å². The van der Waals surface area contributed by atoms with Gasteiger partial charge in [0.05, 0.1) is 17.2 Å². The smallest absolute Gasteiger partial charge is 0.241 e. The lowest BCUT2D eigenvalue weighted by atomic mass is 10.1. The van der Waals surface area contributed by atoms with Gasteiger partial charge in [0.25, 0.3) is 0 Å². The van der Waals surface area contributed by atoms with E-state index in [1.807, 2.05) is 0 Å². The van der Waals surface area contributed by atoms with Crippen LogP contribution in [0.1, 0.15) is 18.4 Å². The van der Waals surface area contributed by atoms with Gasteiger partial charge in [0, 0.05) is 12.6 Å². The molecule has 0 aliphatic carbocycles. The summed E-state index contributed by atoms with van der Waals surface area (Å²) in [4.78, 5) is 0.0111. The van der Waals surface area contributed by atoms with Crippen molar-refractivity contribution in [2.45, 2.75) is 30.7 Å². The molecular weight excluding hydrogens is 271 g/mol. The molecule has 5 nitrogen and oxygen atoms in total. The Morgan fingerprint density at radius 1 is 1.47 bits per heavy atom. The highest BCUT2D eigenvalue weighted by atomic mass is 32.2. The molecule has 0 spiro atoms. The molecule has 3 N–H and O–H groups in total. The van der Waals surface area contributed by atoms with Crippen molar-refractivity contribution in [3.05, 3.63) is 23.5 Å². The second-order valence-electron chi connectivity index (χ2n) is 4.67. The largest absolute Gasteiger partial charge is 0.396 e. The van der Waals surface area contributed by atoms with Crippen LogP contribution in [0.5, 0.6) is 0 Å². The molecule has 1 aliphatic rings. The number of sulfonamides is 1. The molecule has 1 aliphatic heterocycles. The summed E-state index contributed by atoms with van der Waals surface area (Å²) in [5.74, 6) is -0.613. The summed E-state index contributed by atoms with van der Waals surface area (Å²) < 4.78 is 45.5. The molecule has 2 rings (SSSR count). The van der Waals surface area contributed by atoms with E-state index in [4.69, 9.17) is 10.5 Å². The zero-order valence-corrected chi connectivity index (χ0v) is 11.5. The van der Waals surface area contributed by atoms with Crippen molar-refractivity contribution in [1.82, 2.24) is 4.72 Å². The first-order valence-electron chi connectivity index (χ1n) is 6.06. The fourth-order valence-electron chi connectivity index (χ4n) is 2.07. The fraction of sp³-hybridized carbons (Fsp3) is 0.500. The van der Waals surface area contributed by atoms with Crippen LogP contribution < -0.4 is 10.5 Å². The minimum atomic E-state index is -3.71. The van der Waals surface area contributed by atoms with Gasteiger partial charge >= 0.3 is 0 Å². The van der Waals surface area contributed by atoms with Crippen LogP contribution >= 0.6 is 0 Å². The lowest BCUT2D eigenvalue weighted by molar-refractivity contribution is 0.0774. The summed E-state index contributed by atoms with van der Waals surface area (Å²) in [6.07, 6.45) is 1.55. The minimum Gasteiger partial charge on any atom is -0.396 e. The van der Waals surface area contributed by atoms with Crippen LogP contribution in [0.3, 0.4) is 0 Å². The standard InChI is InChI=1S/C12H17FN2O3S/c1-8-5-10(13)11(14)6-12(8)19(16,17)15-9-3-2-4-18-7-9/h5-6,9,15H,2-4,7,14H2,1H3. The molecule has 0 amide bonds. The number of aryl methyl sites for hydroxylation is 1. The molecule has 0 aromatic heterocycles. The van der Waals surface area contributed by atoms with E-state index in [2.05, 4.69) is 4.72 Å². The number of ether oxygens (including phenoxy) is 1. The van der Waals surface area contributed by atoms with Crippen LogP contribution in [0.25, 0.3) is 0 Å². The van der Waals surface area contributed by atoms with Gasteiger partial charge in [-0.15, -0.1) is 0 Å². The number of halogens is 1. The van der Waals surface area contributed by atoms with Crippen molar-refractivity contribution in [3.8, 4) is 0 Å². The number of hydrogen-bond donors (Lipinski definition) is 2. The molecule has 0 radical (unpaired) electrons. The highest BCUT2D eigenvalue weighted by Gasteiger charge is 2.24. The van der Waals surface area contributed by atoms with Crippen molar-refractivity contribution < 1.29 is 17.5 Å². The molecule has 0 saturated carbocycles. The molecule has 19 heavy (non-hydrogen) atoms. The predicted octanol–water partition coefficient (Wildman–Crippen LogP) is 1.17. The van der Waals surface area contributed by atoms with Crippen molar-refractivity contribution in [1.29, 1.82) is 0 Å². The van der Waals surface area contributed by atoms with Gasteiger partial charge in [-0.2, -0.15) is 0 Å². The van der Waals surface area contributed by atoms with Crippen molar-refractivity contribution >= 4 is 15.7 Å². The summed E-state index contributed by atoms with van der Waals surface area (Å²) in [5, 5.41) is 0. The highest BCUT2D eigenvalue weighted by molar-refractivity contribution is 7.89. The van der Waals surface area contributed by atoms with Crippen molar-refractivity contribution in [3.63, 3.8) is 0 Å². The molecule has 1 heterocycles. The molecule has 1 saturated heterocycles. The normalized spacial score (nSPS) is 20.4. The van der Waals surface area contributed by atoms with Crippen LogP contribution in [0.2, 0.25) is 0 Å². The van der Waals surface area contributed by atoms with E-state index >= 15 is 0 Å². The Morgan fingerprint density at radius 3 is 2.84 bits per heavy atom. The third-order valence-electron chi connectivity index (χ3n) is 3.07. The number of nitrogen functional groups attached to an aromatic ring is 1. The van der Waals surface area contributed by atoms with Gasteiger partial charge in [-0.25, -0.2) is 17.5 Å². The SMILES string of the molecule is Cc1cc(F)c(N)cc1S(=O)(=O)NC1CCCOC1. The molecule has 1 aromatic rings. The van der Waals surface area contributed by atoms with E-state index in [0.29, 0.717) is 18.8 Å². The maximum absolute atomic E-state index is 13.2. The molecule has 0 bridgehead atoms. The molecule has 1 unspecified atom stereocenters. The summed E-state index contributed by atoms with van der Waals surface area (Å²) in [6.45, 7) is 2.55. The lowest BCUT2D eigenvalue weighted by Gasteiger charge is -2.23. The molecule has 1 aromatic carbocycles. The third-order valence-corrected chi connectivity index (χ3v) is 4.73. The molecule has 7 heteroatoms. The minimum absolute atomic E-state index is 0.0111. The monoisotopic (exact) mass is 288 g/mol. The number of anilines is 1. The first-order chi connectivity index (χ1) is 8.90. The van der Waals surface area contributed by atoms with Crippen molar-refractivity contribution in [2.75, 3.05) is 18.9 Å². The Hall–Kier alpha value is -1.18. The molecule has 1 fully saturated rings. The molecular formula is C12H17FN2O3S. The van der Waals surface area contributed by atoms with E-state index in [-0.39, 0.29) is 16.6 Å². The van der Waals surface area contributed by atoms with E-state index < -0.39 is 15.8 Å². The van der Waals surface area contributed by atoms with E-state index in [1.165, 1.54) is 6.92 Å². The Kier molecular flexibility index (Phi) is 4.07. The van der Waals surface area contributed by atoms with E-state index in [1.54, 1.807) is 0 Å². The van der Waals surface area contributed by atoms with Crippen LogP contribution in [0.15, 0.2) is 17.0 Å². The summed E-state index contributed by atoms with van der Waals surface area (Å²) >= 11 is 0. The first-order valence-corrected chi connectivity index (χ1v) is 7.54. The Balaban J connectivity index is 2.26. The van der Waals surface area contributed by atoms with Crippen LogP contribution in [0, 0.1) is 12.7 Å². The number of nitrogens with two attached hydrogens (primary N) is 1. The fourth-order valence-corrected chi connectivity index (χ4v) is 3.59. The van der Waals surface area contributed by atoms with Crippen molar-refractivity contribution in [2.24, 2.45) is 0 Å². The number of hydrogen-bond acceptors (Lipinski definition) is 4. The van der Waals surface area contributed by atoms with E-state index in [0.717, 1.165) is 25.0 Å². The summed E-state index contributed by atoms with van der Waals surface area (Å²) in [7, 11) is -3.71. The quantitative estimate of drug-likeness (QED) is 0.818. The lowest BCUT2D eigenvalue weighted by Crippen LogP contribution is -2.40. The molecule has 106 valence electrons. The zero-order valence-electron chi connectivity index (χ0n) is 10.6. The Bertz CT molecular complexity index is 569. The topological polar surface area (TPSA) is 81.4 Å². The summed E-state index contributed by atoms with van der Waals surface area (Å²) in [5.41, 5.74) is 5.58. The maximum Gasteiger partial charge on any atom is 0.241 e. The van der Waals surface area contributed by atoms with Gasteiger partial charge in [-0.05, 0) is 37.5 Å². The van der Waals surface area contributed by atoms with E-state index in [9.17, 15) is 12.8 Å². The van der Waals surface area contributed by atoms with Gasteiger partial charge in [0.2, 0.25) is 10.0 Å². The maximum atomic E-state index is 13.2. The van der Waals surface area contributed by atoms with Crippen LogP contribution in [0.4, 0.5) is 10.1 Å². The number of rotatable bonds is 3. The highest BCUT2D eigenvalue weighted by Crippen LogP contribution is 2.22. The summed E-state index contributed by atoms with van der Waals surface area (Å²) in [6, 6.07) is 2.03. The second-order valence-corrected chi connectivity index (χ2v) is 6.36. The first kappa shape index (κ1) is 14.2. The number of benzene rings is 1. The van der Waals surface area contributed by atoms with Gasteiger partial charge < -0.3 is 10.5 Å². The predicted molar refractivity (Wildman–Crippen MR) is 69.7 cm³/mol. The second kappa shape index (κ2) is 5.44. The third kappa shape index (κ3) is 3.23. The van der Waals surface area contributed by atoms with Gasteiger partial charge in [-0.1, -0.05) is 0 Å². The van der Waals surface area contributed by atoms with Gasteiger partial charge in [-0.3, -0.25) is 0 Å². The van der Waals surface area contributed by atoms with Crippen LogP contribution in [-0.4, -0.2) is 27.7 Å². The Labute approximate surface area is 112 Å². The average molecular weight is 288 g/mol.